The second-order valence-corrected chi connectivity index (χ2v) is 7.40. The average Bonchev–Trinajstić information content (AvgIpc) is 2.79. The van der Waals surface area contributed by atoms with Crippen LogP contribution < -0.4 is 11.1 Å². The van der Waals surface area contributed by atoms with E-state index in [-0.39, 0.29) is 29.4 Å². The van der Waals surface area contributed by atoms with E-state index >= 15 is 0 Å². The van der Waals surface area contributed by atoms with Crippen molar-refractivity contribution in [3.8, 4) is 0 Å². The lowest BCUT2D eigenvalue weighted by Crippen LogP contribution is -2.41. The van der Waals surface area contributed by atoms with Gasteiger partial charge in [0.1, 0.15) is 11.6 Å². The molecule has 0 saturated heterocycles. The maximum atomic E-state index is 14.4. The number of nitrogens with zero attached hydrogens (tertiary/aromatic N) is 4. The molecule has 1 atom stereocenters. The topological polar surface area (TPSA) is 114 Å². The number of amides is 2. The number of aryl methyl sites for hydroxylation is 1. The number of anilines is 2. The molecule has 0 aromatic carbocycles. The van der Waals surface area contributed by atoms with Crippen LogP contribution in [0.25, 0.3) is 0 Å². The van der Waals surface area contributed by atoms with Crippen LogP contribution in [0.15, 0.2) is 48.9 Å². The van der Waals surface area contributed by atoms with Gasteiger partial charge >= 0.3 is 18.0 Å². The van der Waals surface area contributed by atoms with Crippen molar-refractivity contribution < 1.29 is 27.2 Å². The Morgan fingerprint density at radius 2 is 1.88 bits per heavy atom. The van der Waals surface area contributed by atoms with E-state index in [0.717, 1.165) is 23.1 Å². The number of nitrogen functional groups attached to an aromatic ring is 1. The van der Waals surface area contributed by atoms with Crippen molar-refractivity contribution in [3.05, 3.63) is 77.3 Å². The average molecular weight is 476 g/mol. The van der Waals surface area contributed by atoms with Crippen LogP contribution in [0.5, 0.6) is 0 Å². The predicted molar refractivity (Wildman–Crippen MR) is 114 cm³/mol. The van der Waals surface area contributed by atoms with Crippen LogP contribution in [-0.2, 0) is 22.3 Å². The minimum absolute atomic E-state index is 0.0577. The van der Waals surface area contributed by atoms with E-state index in [1.54, 1.807) is 6.92 Å². The van der Waals surface area contributed by atoms with Crippen LogP contribution in [-0.4, -0.2) is 31.7 Å². The van der Waals surface area contributed by atoms with Gasteiger partial charge in [-0.05, 0) is 49.7 Å². The lowest BCUT2D eigenvalue weighted by Gasteiger charge is -2.28. The van der Waals surface area contributed by atoms with Gasteiger partial charge in [-0.15, -0.1) is 0 Å². The Kier molecular flexibility index (Phi) is 7.08. The monoisotopic (exact) mass is 476 g/mol. The van der Waals surface area contributed by atoms with Crippen LogP contribution in [0.2, 0.25) is 0 Å². The maximum absolute atomic E-state index is 14.4. The van der Waals surface area contributed by atoms with Crippen molar-refractivity contribution in [2.75, 3.05) is 11.1 Å². The molecule has 3 N–H and O–H groups in total. The first-order valence-corrected chi connectivity index (χ1v) is 9.94. The summed E-state index contributed by atoms with van der Waals surface area (Å²) >= 11 is 0. The number of carbonyl (C=O) groups excluding carboxylic acids is 2. The van der Waals surface area contributed by atoms with Gasteiger partial charge in [0, 0.05) is 12.4 Å². The second kappa shape index (κ2) is 9.81. The molecule has 0 bridgehead atoms. The lowest BCUT2D eigenvalue weighted by atomic mass is 10.1. The van der Waals surface area contributed by atoms with Gasteiger partial charge < -0.3 is 16.0 Å². The minimum Gasteiger partial charge on any atom is -0.383 e. The molecule has 0 fully saturated rings. The highest BCUT2D eigenvalue weighted by molar-refractivity contribution is 6.39. The van der Waals surface area contributed by atoms with Gasteiger partial charge in [0.25, 0.3) is 0 Å². The number of carbonyl (C=O) groups is 2. The zero-order valence-corrected chi connectivity index (χ0v) is 18.1. The number of alkyl halides is 3. The third-order valence-corrected chi connectivity index (χ3v) is 4.97. The Morgan fingerprint density at radius 1 is 1.15 bits per heavy atom. The Hall–Kier alpha value is -4.09. The number of nitrogens with one attached hydrogen (secondary N) is 1. The first-order valence-electron chi connectivity index (χ1n) is 9.94. The number of rotatable bonds is 5. The molecule has 0 radical (unpaired) electrons. The van der Waals surface area contributed by atoms with E-state index < -0.39 is 35.4 Å². The molecule has 3 aromatic rings. The summed E-state index contributed by atoms with van der Waals surface area (Å²) in [7, 11) is 0. The Labute approximate surface area is 191 Å². The molecule has 0 aliphatic carbocycles. The summed E-state index contributed by atoms with van der Waals surface area (Å²) in [6.07, 6.45) is -1.39. The highest BCUT2D eigenvalue weighted by Crippen LogP contribution is 2.29. The van der Waals surface area contributed by atoms with E-state index in [0.29, 0.717) is 11.8 Å². The molecule has 0 aliphatic rings. The smallest absolute Gasteiger partial charge is 0.383 e. The van der Waals surface area contributed by atoms with Gasteiger partial charge in [-0.2, -0.15) is 13.2 Å². The molecule has 0 unspecified atom stereocenters. The summed E-state index contributed by atoms with van der Waals surface area (Å²) in [6, 6.07) is 4.85. The third kappa shape index (κ3) is 5.63. The van der Waals surface area contributed by atoms with E-state index in [4.69, 9.17) is 5.73 Å². The third-order valence-electron chi connectivity index (χ3n) is 4.97. The molecule has 0 saturated carbocycles. The van der Waals surface area contributed by atoms with Crippen LogP contribution in [0.1, 0.15) is 35.5 Å². The summed E-state index contributed by atoms with van der Waals surface area (Å²) in [5.41, 5.74) is 5.39. The largest absolute Gasteiger partial charge is 0.417 e. The predicted octanol–water partition coefficient (Wildman–Crippen LogP) is 3.65. The second-order valence-electron chi connectivity index (χ2n) is 7.40. The van der Waals surface area contributed by atoms with Gasteiger partial charge in [0.2, 0.25) is 0 Å². The molecule has 3 heterocycles. The molecule has 34 heavy (non-hydrogen) atoms. The fourth-order valence-electron chi connectivity index (χ4n) is 3.07. The first-order chi connectivity index (χ1) is 16.0. The summed E-state index contributed by atoms with van der Waals surface area (Å²) < 4.78 is 52.9. The van der Waals surface area contributed by atoms with Gasteiger partial charge in [-0.3, -0.25) is 19.6 Å². The van der Waals surface area contributed by atoms with Crippen LogP contribution in [0.4, 0.5) is 29.1 Å². The number of pyridine rings is 3. The fraction of sp³-hybridized carbons (Fsp3) is 0.227. The fourth-order valence-corrected chi connectivity index (χ4v) is 3.07. The summed E-state index contributed by atoms with van der Waals surface area (Å²) in [6.45, 7) is 2.73. The molecule has 3 rings (SSSR count). The number of hydrogen-bond donors (Lipinski definition) is 2. The Morgan fingerprint density at radius 3 is 2.47 bits per heavy atom. The van der Waals surface area contributed by atoms with Gasteiger partial charge in [0.05, 0.1) is 41.4 Å². The molecular formula is C22H20F4N6O2. The molecule has 178 valence electrons. The van der Waals surface area contributed by atoms with Gasteiger partial charge in [-0.1, -0.05) is 0 Å². The van der Waals surface area contributed by atoms with Crippen molar-refractivity contribution in [1.82, 2.24) is 19.9 Å². The van der Waals surface area contributed by atoms with Crippen molar-refractivity contribution in [3.63, 3.8) is 0 Å². The van der Waals surface area contributed by atoms with Crippen LogP contribution in [0.3, 0.4) is 0 Å². The first kappa shape index (κ1) is 24.6. The normalized spacial score (nSPS) is 12.2. The lowest BCUT2D eigenvalue weighted by molar-refractivity contribution is -0.145. The summed E-state index contributed by atoms with van der Waals surface area (Å²) in [5.74, 6) is -2.61. The number of halogens is 4. The number of hydrogen-bond acceptors (Lipinski definition) is 6. The quantitative estimate of drug-likeness (QED) is 0.429. The van der Waals surface area contributed by atoms with Crippen molar-refractivity contribution in [1.29, 1.82) is 0 Å². The molecular weight excluding hydrogens is 456 g/mol. The minimum atomic E-state index is -4.59. The SMILES string of the molecule is Cc1cc(NC(=O)C(=O)N(Cc2ccc(C(F)(F)F)cn2)[C@H](C)c2ncccc2F)cnc1N. The summed E-state index contributed by atoms with van der Waals surface area (Å²) in [5, 5.41) is 2.39. The Balaban J connectivity index is 1.90. The molecule has 8 nitrogen and oxygen atoms in total. The molecule has 2 amide bonds. The molecule has 12 heteroatoms. The van der Waals surface area contributed by atoms with Crippen molar-refractivity contribution in [2.24, 2.45) is 0 Å². The highest BCUT2D eigenvalue weighted by atomic mass is 19.4. The van der Waals surface area contributed by atoms with E-state index in [1.807, 2.05) is 0 Å². The van der Waals surface area contributed by atoms with E-state index in [9.17, 15) is 27.2 Å². The molecule has 3 aromatic heterocycles. The maximum Gasteiger partial charge on any atom is 0.417 e. The van der Waals surface area contributed by atoms with Gasteiger partial charge in [0.15, 0.2) is 0 Å². The van der Waals surface area contributed by atoms with Crippen molar-refractivity contribution >= 4 is 23.3 Å². The number of nitrogens with two attached hydrogens (primary N) is 1. The zero-order valence-electron chi connectivity index (χ0n) is 18.1. The number of aromatic nitrogens is 3. The van der Waals surface area contributed by atoms with Crippen LogP contribution >= 0.6 is 0 Å². The highest BCUT2D eigenvalue weighted by Gasteiger charge is 2.32. The van der Waals surface area contributed by atoms with Gasteiger partial charge in [-0.25, -0.2) is 9.37 Å². The van der Waals surface area contributed by atoms with E-state index in [2.05, 4.69) is 20.3 Å². The van der Waals surface area contributed by atoms with E-state index in [1.165, 1.54) is 31.5 Å². The zero-order chi connectivity index (χ0) is 25.0. The standard InChI is InChI=1S/C22H20F4N6O2/c1-12-8-16(10-30-19(12)27)31-20(33)21(34)32(13(2)18-17(23)4-3-7-28-18)11-15-6-5-14(9-29-15)22(24,25)26/h3-10,13H,11H2,1-2H3,(H2,27,30)(H,31,33)/t13-/m1/s1. The Bertz CT molecular complexity index is 1200. The van der Waals surface area contributed by atoms with Crippen molar-refractivity contribution in [2.45, 2.75) is 32.6 Å². The molecule has 0 spiro atoms. The summed E-state index contributed by atoms with van der Waals surface area (Å²) in [4.78, 5) is 38.3. The molecule has 0 aliphatic heterocycles. The van der Waals surface area contributed by atoms with Crippen LogP contribution in [0, 0.1) is 12.7 Å².